The zero-order valence-corrected chi connectivity index (χ0v) is 15.2. The monoisotopic (exact) mass is 428 g/mol. The number of halogens is 3. The van der Waals surface area contributed by atoms with Crippen LogP contribution in [0.3, 0.4) is 0 Å². The van der Waals surface area contributed by atoms with E-state index < -0.39 is 18.0 Å². The van der Waals surface area contributed by atoms with Crippen LogP contribution in [0.25, 0.3) is 0 Å². The molecule has 0 saturated carbocycles. The van der Waals surface area contributed by atoms with Crippen LogP contribution in [0.2, 0.25) is 10.0 Å². The molecule has 0 aromatic heterocycles. The van der Waals surface area contributed by atoms with Gasteiger partial charge in [-0.25, -0.2) is 4.79 Å². The van der Waals surface area contributed by atoms with Gasteiger partial charge >= 0.3 is 5.97 Å². The fourth-order valence-corrected chi connectivity index (χ4v) is 3.60. The van der Waals surface area contributed by atoms with Crippen molar-refractivity contribution in [2.24, 2.45) is 0 Å². The summed E-state index contributed by atoms with van der Waals surface area (Å²) in [5, 5.41) is 12.8. The van der Waals surface area contributed by atoms with Crippen molar-refractivity contribution in [3.05, 3.63) is 62.0 Å². The molecule has 2 N–H and O–H groups in total. The Kier molecular flexibility index (Phi) is 4.71. The molecule has 1 unspecified atom stereocenters. The third-order valence-electron chi connectivity index (χ3n) is 3.61. The van der Waals surface area contributed by atoms with Crippen molar-refractivity contribution in [2.75, 3.05) is 5.32 Å². The largest absolute Gasteiger partial charge is 0.478 e. The van der Waals surface area contributed by atoms with E-state index in [4.69, 9.17) is 23.2 Å². The van der Waals surface area contributed by atoms with E-state index in [0.717, 1.165) is 10.0 Å². The number of rotatable bonds is 3. The number of anilines is 1. The van der Waals surface area contributed by atoms with Crippen LogP contribution in [0.1, 0.15) is 15.9 Å². The number of hydrogen-bond donors (Lipinski definition) is 2. The average Bonchev–Trinajstić information content (AvgIpc) is 2.49. The highest BCUT2D eigenvalue weighted by molar-refractivity contribution is 9.10. The fourth-order valence-electron chi connectivity index (χ4n) is 2.58. The van der Waals surface area contributed by atoms with E-state index in [-0.39, 0.29) is 17.1 Å². The second-order valence-electron chi connectivity index (χ2n) is 5.26. The Bertz CT molecular complexity index is 844. The van der Waals surface area contributed by atoms with Crippen molar-refractivity contribution in [2.45, 2.75) is 12.7 Å². The van der Waals surface area contributed by atoms with E-state index >= 15 is 0 Å². The molecule has 124 valence electrons. The number of carboxylic acid groups (broad SMARTS) is 1. The minimum Gasteiger partial charge on any atom is -0.478 e. The zero-order chi connectivity index (χ0) is 17.4. The maximum absolute atomic E-state index is 12.8. The van der Waals surface area contributed by atoms with Gasteiger partial charge in [-0.15, -0.1) is 0 Å². The standard InChI is InChI=1S/C16H11BrCl2N2O3/c17-9-3-1-2-8(4-9)7-21-14(16(23)24)20-12-6-10(18)5-11(19)13(12)15(21)22/h1-6,14,20H,7H2,(H,23,24). The van der Waals surface area contributed by atoms with Gasteiger partial charge in [-0.1, -0.05) is 51.3 Å². The predicted octanol–water partition coefficient (Wildman–Crippen LogP) is 4.23. The van der Waals surface area contributed by atoms with Crippen molar-refractivity contribution < 1.29 is 14.7 Å². The molecule has 1 aliphatic rings. The second-order valence-corrected chi connectivity index (χ2v) is 7.02. The lowest BCUT2D eigenvalue weighted by Crippen LogP contribution is -2.52. The number of amides is 1. The first-order chi connectivity index (χ1) is 11.4. The highest BCUT2D eigenvalue weighted by Crippen LogP contribution is 2.35. The van der Waals surface area contributed by atoms with Crippen LogP contribution in [-0.2, 0) is 11.3 Å². The molecule has 1 atom stereocenters. The molecule has 0 fully saturated rings. The number of aliphatic carboxylic acids is 1. The van der Waals surface area contributed by atoms with Crippen LogP contribution in [0, 0.1) is 0 Å². The number of nitrogens with one attached hydrogen (secondary N) is 1. The fraction of sp³-hybridized carbons (Fsp3) is 0.125. The Morgan fingerprint density at radius 3 is 2.71 bits per heavy atom. The first-order valence-electron chi connectivity index (χ1n) is 6.90. The molecule has 3 rings (SSSR count). The van der Waals surface area contributed by atoms with E-state index in [1.807, 2.05) is 24.3 Å². The third kappa shape index (κ3) is 3.22. The number of hydrogen-bond acceptors (Lipinski definition) is 3. The minimum atomic E-state index is -1.21. The van der Waals surface area contributed by atoms with Gasteiger partial charge in [0.1, 0.15) is 0 Å². The van der Waals surface area contributed by atoms with Crippen LogP contribution in [-0.4, -0.2) is 28.0 Å². The molecule has 2 aromatic carbocycles. The molecule has 2 aromatic rings. The van der Waals surface area contributed by atoms with Crippen LogP contribution < -0.4 is 5.32 Å². The van der Waals surface area contributed by atoms with Crippen LogP contribution >= 0.6 is 39.1 Å². The van der Waals surface area contributed by atoms with Crippen molar-refractivity contribution in [1.29, 1.82) is 0 Å². The summed E-state index contributed by atoms with van der Waals surface area (Å²) in [7, 11) is 0. The van der Waals surface area contributed by atoms with Crippen molar-refractivity contribution >= 4 is 56.7 Å². The number of nitrogens with zero attached hydrogens (tertiary/aromatic N) is 1. The molecule has 8 heteroatoms. The van der Waals surface area contributed by atoms with Gasteiger partial charge in [0.05, 0.1) is 16.3 Å². The quantitative estimate of drug-likeness (QED) is 0.765. The summed E-state index contributed by atoms with van der Waals surface area (Å²) in [6.45, 7) is 0.126. The minimum absolute atomic E-state index is 0.126. The number of carbonyl (C=O) groups excluding carboxylic acids is 1. The summed E-state index contributed by atoms with van der Waals surface area (Å²) in [6.07, 6.45) is -1.21. The van der Waals surface area contributed by atoms with E-state index in [9.17, 15) is 14.7 Å². The van der Waals surface area contributed by atoms with Crippen molar-refractivity contribution in [3.63, 3.8) is 0 Å². The van der Waals surface area contributed by atoms with Gasteiger partial charge in [0.2, 0.25) is 6.17 Å². The van der Waals surface area contributed by atoms with Gasteiger partial charge in [-0.3, -0.25) is 4.79 Å². The normalized spacial score (nSPS) is 16.5. The van der Waals surface area contributed by atoms with Crippen molar-refractivity contribution in [3.8, 4) is 0 Å². The van der Waals surface area contributed by atoms with Gasteiger partial charge in [0.15, 0.2) is 0 Å². The Morgan fingerprint density at radius 1 is 1.29 bits per heavy atom. The SMILES string of the molecule is O=C(O)C1Nc2cc(Cl)cc(Cl)c2C(=O)N1Cc1cccc(Br)c1. The van der Waals surface area contributed by atoms with E-state index in [2.05, 4.69) is 21.2 Å². The highest BCUT2D eigenvalue weighted by atomic mass is 79.9. The Labute approximate surface area is 156 Å². The van der Waals surface area contributed by atoms with Gasteiger partial charge in [-0.2, -0.15) is 0 Å². The molecule has 1 amide bonds. The zero-order valence-electron chi connectivity index (χ0n) is 12.1. The summed E-state index contributed by atoms with van der Waals surface area (Å²) in [4.78, 5) is 25.7. The van der Waals surface area contributed by atoms with E-state index in [0.29, 0.717) is 10.7 Å². The van der Waals surface area contributed by atoms with Crippen molar-refractivity contribution in [1.82, 2.24) is 4.90 Å². The van der Waals surface area contributed by atoms with Crippen LogP contribution in [0.5, 0.6) is 0 Å². The lowest BCUT2D eigenvalue weighted by molar-refractivity contribution is -0.141. The maximum Gasteiger partial charge on any atom is 0.347 e. The van der Waals surface area contributed by atoms with Gasteiger partial charge in [-0.05, 0) is 29.8 Å². The summed E-state index contributed by atoms with van der Waals surface area (Å²) in [5.41, 5.74) is 1.32. The predicted molar refractivity (Wildman–Crippen MR) is 95.5 cm³/mol. The van der Waals surface area contributed by atoms with E-state index in [1.165, 1.54) is 17.0 Å². The van der Waals surface area contributed by atoms with Gasteiger partial charge in [0.25, 0.3) is 5.91 Å². The van der Waals surface area contributed by atoms with Crippen LogP contribution in [0.4, 0.5) is 5.69 Å². The molecule has 0 radical (unpaired) electrons. The summed E-state index contributed by atoms with van der Waals surface area (Å²) in [5.74, 6) is -1.63. The number of carbonyl (C=O) groups is 2. The lowest BCUT2D eigenvalue weighted by atomic mass is 10.1. The summed E-state index contributed by atoms with van der Waals surface area (Å²) >= 11 is 15.4. The topological polar surface area (TPSA) is 69.6 Å². The molecular formula is C16H11BrCl2N2O3. The molecule has 5 nitrogen and oxygen atoms in total. The lowest BCUT2D eigenvalue weighted by Gasteiger charge is -2.35. The molecule has 0 aliphatic carbocycles. The summed E-state index contributed by atoms with van der Waals surface area (Å²) in [6, 6.07) is 10.3. The Hall–Kier alpha value is -1.76. The molecular weight excluding hydrogens is 419 g/mol. The molecule has 24 heavy (non-hydrogen) atoms. The molecule has 0 spiro atoms. The number of fused-ring (bicyclic) bond motifs is 1. The Balaban J connectivity index is 2.03. The second kappa shape index (κ2) is 6.63. The summed E-state index contributed by atoms with van der Waals surface area (Å²) < 4.78 is 0.842. The first-order valence-corrected chi connectivity index (χ1v) is 8.45. The molecule has 1 heterocycles. The Morgan fingerprint density at radius 2 is 2.04 bits per heavy atom. The van der Waals surface area contributed by atoms with E-state index in [1.54, 1.807) is 0 Å². The maximum atomic E-state index is 12.8. The smallest absolute Gasteiger partial charge is 0.347 e. The third-order valence-corrected chi connectivity index (χ3v) is 4.62. The number of carboxylic acids is 1. The first kappa shape index (κ1) is 17.1. The molecule has 1 aliphatic heterocycles. The molecule has 0 bridgehead atoms. The molecule has 0 saturated heterocycles. The average molecular weight is 430 g/mol. The van der Waals surface area contributed by atoms with Gasteiger partial charge in [0, 0.05) is 16.0 Å². The number of benzene rings is 2. The van der Waals surface area contributed by atoms with Gasteiger partial charge < -0.3 is 15.3 Å². The van der Waals surface area contributed by atoms with Crippen LogP contribution in [0.15, 0.2) is 40.9 Å². The highest BCUT2D eigenvalue weighted by Gasteiger charge is 2.37.